The molecule has 660 valence electrons. The van der Waals surface area contributed by atoms with Crippen LogP contribution in [0.5, 0.6) is 92.0 Å². The average Bonchev–Trinajstić information content (AvgIpc) is 0.816. The molecule has 0 aliphatic carbocycles. The summed E-state index contributed by atoms with van der Waals surface area (Å²) >= 11 is 0. The topological polar surface area (TPSA) is 471 Å². The number of urea groups is 3. The van der Waals surface area contributed by atoms with Crippen molar-refractivity contribution in [2.24, 2.45) is 29.6 Å². The lowest BCUT2D eigenvalue weighted by atomic mass is 9.97. The molecular formula is C93H103N13O20. The van der Waals surface area contributed by atoms with Crippen molar-refractivity contribution in [3.63, 3.8) is 0 Å². The van der Waals surface area contributed by atoms with Gasteiger partial charge in [0.15, 0.2) is 23.0 Å². The second kappa shape index (κ2) is 47.8. The molecule has 33 nitrogen and oxygen atoms in total. The Labute approximate surface area is 729 Å². The normalized spacial score (nSPS) is 11.0. The number of nitrogens with zero attached hydrogens (tertiary/aromatic N) is 2. The molecule has 0 saturated heterocycles. The fourth-order valence-corrected chi connectivity index (χ4v) is 10.9. The van der Waals surface area contributed by atoms with E-state index in [9.17, 15) is 58.8 Å². The van der Waals surface area contributed by atoms with Gasteiger partial charge >= 0.3 is 18.1 Å². The first kappa shape index (κ1) is 97.1. The summed E-state index contributed by atoms with van der Waals surface area (Å²) in [5, 5.41) is 88.1. The highest BCUT2D eigenvalue weighted by atomic mass is 16.5. The molecule has 10 rings (SSSR count). The zero-order valence-electron chi connectivity index (χ0n) is 72.2. The molecule has 10 aromatic rings. The van der Waals surface area contributed by atoms with Crippen molar-refractivity contribution < 1.29 is 96.7 Å². The first-order valence-corrected chi connectivity index (χ1v) is 39.5. The molecule has 11 amide bonds. The molecule has 3 unspecified atom stereocenters. The van der Waals surface area contributed by atoms with Gasteiger partial charge in [0.1, 0.15) is 69.0 Å². The van der Waals surface area contributed by atoms with Crippen molar-refractivity contribution in [1.82, 2.24) is 5.32 Å². The Kier molecular flexibility index (Phi) is 36.8. The molecule has 3 atom stereocenters. The number of unbranched alkanes of at least 4 members (excludes halogenated alkanes) is 1. The molecule has 0 aromatic heterocycles. The molecule has 15 N–H and O–H groups in total. The monoisotopic (exact) mass is 1720 g/mol. The summed E-state index contributed by atoms with van der Waals surface area (Å²) in [6, 6.07) is 53.4. The summed E-state index contributed by atoms with van der Waals surface area (Å²) in [7, 11) is 7.70. The van der Waals surface area contributed by atoms with E-state index in [1.165, 1.54) is 69.4 Å². The third-order valence-corrected chi connectivity index (χ3v) is 18.7. The smallest absolute Gasteiger partial charge is 0.323 e. The largest absolute Gasteiger partial charge is 0.506 e. The number of rotatable bonds is 30. The molecule has 0 heterocycles. The Morgan fingerprint density at radius 3 is 0.833 bits per heavy atom. The van der Waals surface area contributed by atoms with Crippen LogP contribution in [0, 0.1) is 52.3 Å². The zero-order chi connectivity index (χ0) is 92.3. The highest BCUT2D eigenvalue weighted by Gasteiger charge is 2.25. The van der Waals surface area contributed by atoms with E-state index in [2.05, 4.69) is 65.4 Å². The van der Waals surface area contributed by atoms with Crippen molar-refractivity contribution in [3.8, 4) is 104 Å². The number of aromatic hydroxyl groups is 4. The summed E-state index contributed by atoms with van der Waals surface area (Å²) in [6.07, 6.45) is 2.64. The fourth-order valence-electron chi connectivity index (χ4n) is 10.9. The Hall–Kier alpha value is -16.1. The number of amides is 11. The number of carbonyl (C=O) groups is 8. The van der Waals surface area contributed by atoms with Gasteiger partial charge in [0.25, 0.3) is 0 Å². The van der Waals surface area contributed by atoms with Crippen LogP contribution in [0.15, 0.2) is 194 Å². The number of nitrogens with one attached hydrogen (secondary N) is 11. The van der Waals surface area contributed by atoms with Gasteiger partial charge in [-0.05, 0) is 164 Å². The van der Waals surface area contributed by atoms with Crippen LogP contribution < -0.4 is 96.4 Å². The molecular weight excluding hydrogens is 1620 g/mol. The number of hydrogen-bond donors (Lipinski definition) is 15. The Bertz CT molecular complexity index is 5490. The molecule has 33 heteroatoms. The van der Waals surface area contributed by atoms with Gasteiger partial charge in [0, 0.05) is 98.6 Å². The molecule has 0 bridgehead atoms. The predicted molar refractivity (Wildman–Crippen MR) is 482 cm³/mol. The minimum atomic E-state index is -0.615. The second-order valence-corrected chi connectivity index (χ2v) is 28.8. The van der Waals surface area contributed by atoms with E-state index in [0.29, 0.717) is 74.2 Å². The van der Waals surface area contributed by atoms with Crippen molar-refractivity contribution >= 4 is 105 Å². The van der Waals surface area contributed by atoms with Gasteiger partial charge in [-0.25, -0.2) is 14.4 Å². The Morgan fingerprint density at radius 2 is 0.587 bits per heavy atom. The van der Waals surface area contributed by atoms with Crippen LogP contribution in [0.25, 0.3) is 0 Å². The molecule has 10 aromatic carbocycles. The maximum atomic E-state index is 12.8. The molecule has 0 spiro atoms. The lowest BCUT2D eigenvalue weighted by molar-refractivity contribution is -0.121. The van der Waals surface area contributed by atoms with E-state index in [1.807, 2.05) is 60.6 Å². The predicted octanol–water partition coefficient (Wildman–Crippen LogP) is 19.7. The number of methoxy groups -OCH3 is 4. The lowest BCUT2D eigenvalue weighted by Crippen LogP contribution is -2.24. The van der Waals surface area contributed by atoms with Crippen molar-refractivity contribution in [1.29, 1.82) is 10.5 Å². The van der Waals surface area contributed by atoms with Crippen molar-refractivity contribution in [3.05, 3.63) is 205 Å². The average molecular weight is 1720 g/mol. The number of phenols is 4. The third kappa shape index (κ3) is 30.3. The van der Waals surface area contributed by atoms with Gasteiger partial charge in [-0.15, -0.1) is 0 Å². The lowest BCUT2D eigenvalue weighted by Gasteiger charge is -2.19. The second-order valence-electron chi connectivity index (χ2n) is 28.8. The van der Waals surface area contributed by atoms with Gasteiger partial charge in [-0.1, -0.05) is 68.2 Å². The summed E-state index contributed by atoms with van der Waals surface area (Å²) in [5.74, 6) is 2.85. The molecule has 0 aliphatic rings. The highest BCUT2D eigenvalue weighted by Crippen LogP contribution is 2.44. The van der Waals surface area contributed by atoms with Crippen LogP contribution in [-0.2, 0) is 24.0 Å². The van der Waals surface area contributed by atoms with E-state index < -0.39 is 18.1 Å². The number of nitriles is 2. The van der Waals surface area contributed by atoms with E-state index >= 15 is 0 Å². The highest BCUT2D eigenvalue weighted by molar-refractivity contribution is 6.04. The summed E-state index contributed by atoms with van der Waals surface area (Å²) in [6.45, 7) is 18.0. The molecule has 0 aliphatic heterocycles. The standard InChI is InChI=1S/C28H30N4O5.C27H28N4O5.C21H26N2O5.C17H19N3O5/c1-4-5-6-18(2)27(34)31-24-15-25(33)23(16-26(24)37-22-13-11-21(36-3)12-14-22)32-28(35)30-20-9-7-19(17-29)8-10-20;1-16(2)17(3)26(33)30-23-13-24(32)22(14-25(23)36-21-11-9-20(35-4)10-12-21)31-27(34)29-19-7-5-18(15-28)6-8-19;1-12(2)13(3)21(26)23-18-10-19(25)17(22-14(4)24)11-20(18)28-16-8-6-15(27-5)7-9-16;1-10(21)19-13-9-16(14(8-15(13)22)20-17(23)18-2)25-12-6-4-11(24-3)5-7-12/h7-16,18,33H,4-6H2,1-3H3,(H,31,34)(H2,30,32,35);5-14,16-17,32H,1-4H3,(H,30,33)(H2,29,31,34);6-13,25H,1-5H3,(H,22,24)(H,23,26);4-9,22H,1-3H3,(H,19,21)(H2,18,20,23). The molecule has 0 fully saturated rings. The van der Waals surface area contributed by atoms with E-state index in [1.54, 1.807) is 174 Å². The van der Waals surface area contributed by atoms with Gasteiger partial charge in [-0.2, -0.15) is 10.5 Å². The minimum Gasteiger partial charge on any atom is -0.506 e. The maximum absolute atomic E-state index is 12.8. The van der Waals surface area contributed by atoms with Crippen LogP contribution in [0.3, 0.4) is 0 Å². The van der Waals surface area contributed by atoms with Crippen molar-refractivity contribution in [2.45, 2.75) is 88.5 Å². The van der Waals surface area contributed by atoms with Crippen LogP contribution in [0.2, 0.25) is 0 Å². The Balaban J connectivity index is 0.000000233. The molecule has 126 heavy (non-hydrogen) atoms. The summed E-state index contributed by atoms with van der Waals surface area (Å²) in [4.78, 5) is 97.3. The fraction of sp³-hybridized carbons (Fsp3) is 0.247. The van der Waals surface area contributed by atoms with E-state index in [0.717, 1.165) is 19.3 Å². The van der Waals surface area contributed by atoms with Crippen molar-refractivity contribution in [2.75, 3.05) is 88.7 Å². The quantitative estimate of drug-likeness (QED) is 0.0186. The number of ether oxygens (including phenoxy) is 8. The van der Waals surface area contributed by atoms with Crippen LogP contribution in [0.1, 0.15) is 99.6 Å². The number of carbonyl (C=O) groups excluding carboxylic acids is 8. The molecule has 0 saturated carbocycles. The number of anilines is 10. The van der Waals surface area contributed by atoms with Gasteiger partial charge in [-0.3, -0.25) is 24.0 Å². The summed E-state index contributed by atoms with van der Waals surface area (Å²) < 4.78 is 44.2. The Morgan fingerprint density at radius 1 is 0.333 bits per heavy atom. The van der Waals surface area contributed by atoms with Gasteiger partial charge in [0.2, 0.25) is 29.5 Å². The van der Waals surface area contributed by atoms with Crippen LogP contribution in [0.4, 0.5) is 71.3 Å². The first-order valence-electron chi connectivity index (χ1n) is 39.5. The van der Waals surface area contributed by atoms with E-state index in [-0.39, 0.29) is 145 Å². The summed E-state index contributed by atoms with van der Waals surface area (Å²) in [5.41, 5.74) is 3.41. The number of benzene rings is 10. The first-order chi connectivity index (χ1) is 60.1. The SMILES string of the molecule is CCCCC(C)C(=O)Nc1cc(O)c(NC(=O)Nc2ccc(C#N)cc2)cc1Oc1ccc(OC)cc1.CNC(=O)Nc1cc(O)c(NC(C)=O)cc1Oc1ccc(OC)cc1.COc1ccc(Oc2cc(NC(=O)Nc3ccc(C#N)cc3)c(O)cc2NC(=O)C(C)C(C)C)cc1.COc1ccc(Oc2cc(NC(C)=O)c(O)cc2NC(=O)C(C)C(C)C)cc1. The number of hydrogen-bond acceptors (Lipinski definition) is 22. The third-order valence-electron chi connectivity index (χ3n) is 18.7. The zero-order valence-corrected chi connectivity index (χ0v) is 72.2. The van der Waals surface area contributed by atoms with Crippen LogP contribution in [-0.4, -0.2) is 104 Å². The molecule has 0 radical (unpaired) electrons. The van der Waals surface area contributed by atoms with E-state index in [4.69, 9.17) is 48.4 Å². The van der Waals surface area contributed by atoms with Gasteiger partial charge < -0.3 is 117 Å². The number of phenolic OH excluding ortho intramolecular Hbond substituents is 4. The van der Waals surface area contributed by atoms with Gasteiger partial charge in [0.05, 0.1) is 97.2 Å². The van der Waals surface area contributed by atoms with Crippen LogP contribution >= 0.6 is 0 Å². The maximum Gasteiger partial charge on any atom is 0.323 e. The minimum absolute atomic E-state index is 0.0690.